The predicted octanol–water partition coefficient (Wildman–Crippen LogP) is -0.534. The van der Waals surface area contributed by atoms with Gasteiger partial charge in [-0.05, 0) is 0 Å². The molecule has 0 atom stereocenters. The Kier molecular flexibility index (Phi) is 24.4. The van der Waals surface area contributed by atoms with Crippen LogP contribution in [0.5, 0.6) is 0 Å². The van der Waals surface area contributed by atoms with Crippen LogP contribution in [-0.4, -0.2) is 76.0 Å². The van der Waals surface area contributed by atoms with Gasteiger partial charge in [-0.1, -0.05) is 0 Å². The monoisotopic (exact) mass is 332 g/mol. The first-order chi connectivity index (χ1) is 8.54. The molecule has 0 unspecified atom stereocenters. The van der Waals surface area contributed by atoms with E-state index in [-0.39, 0.29) is 32.7 Å². The molecule has 0 amide bonds. The topological polar surface area (TPSA) is 112 Å². The van der Waals surface area contributed by atoms with Crippen molar-refractivity contribution in [3.63, 3.8) is 0 Å². The van der Waals surface area contributed by atoms with Gasteiger partial charge in [0.15, 0.2) is 0 Å². The largest absolute Gasteiger partial charge is 0.480 e. The van der Waals surface area contributed by atoms with Crippen molar-refractivity contribution in [2.24, 2.45) is 0 Å². The fourth-order valence-corrected chi connectivity index (χ4v) is 0.603. The van der Waals surface area contributed by atoms with Gasteiger partial charge in [0, 0.05) is 33.7 Å². The summed E-state index contributed by atoms with van der Waals surface area (Å²) in [5, 5.41) is 16.1. The van der Waals surface area contributed by atoms with Crippen molar-refractivity contribution in [2.75, 3.05) is 53.9 Å². The average Bonchev–Trinajstić information content (AvgIpc) is 2.31. The van der Waals surface area contributed by atoms with Crippen molar-refractivity contribution < 1.29 is 58.2 Å². The molecule has 0 rings (SSSR count). The van der Waals surface area contributed by atoms with E-state index in [9.17, 15) is 9.59 Å². The van der Waals surface area contributed by atoms with Crippen LogP contribution in [0.3, 0.4) is 0 Å². The maximum absolute atomic E-state index is 9.80. The first-order valence-corrected chi connectivity index (χ1v) is 5.11. The maximum Gasteiger partial charge on any atom is 0.329 e. The summed E-state index contributed by atoms with van der Waals surface area (Å²) in [6.45, 7) is 1.05. The Morgan fingerprint density at radius 1 is 0.789 bits per heavy atom. The molecular weight excluding hydrogens is 313 g/mol. The molecule has 0 bridgehead atoms. The second-order valence-corrected chi connectivity index (χ2v) is 2.88. The number of carboxylic acids is 2. The van der Waals surface area contributed by atoms with Crippen molar-refractivity contribution in [1.82, 2.24) is 0 Å². The molecule has 0 aliphatic rings. The minimum absolute atomic E-state index is 0. The summed E-state index contributed by atoms with van der Waals surface area (Å²) in [4.78, 5) is 19.6. The van der Waals surface area contributed by atoms with Crippen LogP contribution >= 0.6 is 0 Å². The molecule has 9 heteroatoms. The van der Waals surface area contributed by atoms with Crippen molar-refractivity contribution in [3.05, 3.63) is 0 Å². The molecule has 0 aromatic carbocycles. The van der Waals surface area contributed by atoms with Crippen molar-refractivity contribution in [1.29, 1.82) is 0 Å². The van der Waals surface area contributed by atoms with Crippen LogP contribution in [0.4, 0.5) is 0 Å². The Hall–Kier alpha value is -0.597. The van der Waals surface area contributed by atoms with E-state index in [1.807, 2.05) is 0 Å². The van der Waals surface area contributed by atoms with E-state index in [2.05, 4.69) is 18.9 Å². The molecule has 0 saturated heterocycles. The van der Waals surface area contributed by atoms with Gasteiger partial charge in [0.05, 0.1) is 26.4 Å². The van der Waals surface area contributed by atoms with E-state index in [1.165, 1.54) is 14.2 Å². The Morgan fingerprint density at radius 2 is 1.11 bits per heavy atom. The summed E-state index contributed by atoms with van der Waals surface area (Å²) in [6, 6.07) is 0. The standard InChI is InChI=1S/2C5H10O4.Zn/c2*1-8-2-3-9-4-5(6)7;/h2*2-4H2,1H3,(H,6,7);. The number of ether oxygens (including phenoxy) is 4. The molecule has 0 aromatic rings. The van der Waals surface area contributed by atoms with E-state index in [4.69, 9.17) is 10.2 Å². The molecule has 2 N–H and O–H groups in total. The smallest absolute Gasteiger partial charge is 0.329 e. The van der Waals surface area contributed by atoms with Crippen LogP contribution < -0.4 is 0 Å². The van der Waals surface area contributed by atoms with Gasteiger partial charge in [0.25, 0.3) is 0 Å². The summed E-state index contributed by atoms with van der Waals surface area (Å²) in [5.74, 6) is -1.91. The molecule has 0 radical (unpaired) electrons. The van der Waals surface area contributed by atoms with Gasteiger partial charge in [-0.2, -0.15) is 0 Å². The molecule has 0 spiro atoms. The normalized spacial score (nSPS) is 8.95. The molecule has 0 aromatic heterocycles. The third-order valence-corrected chi connectivity index (χ3v) is 1.31. The zero-order valence-electron chi connectivity index (χ0n) is 11.3. The number of methoxy groups -OCH3 is 2. The first kappa shape index (κ1) is 23.5. The SMILES string of the molecule is COCCOCC(=O)O.COCCOCC(=O)O.[Zn]. The minimum Gasteiger partial charge on any atom is -0.480 e. The molecular formula is C10H20O8Zn. The summed E-state index contributed by atoms with van der Waals surface area (Å²) in [6.07, 6.45) is 0. The fourth-order valence-electron chi connectivity index (χ4n) is 0.603. The number of carboxylic acid groups (broad SMARTS) is 2. The van der Waals surface area contributed by atoms with Gasteiger partial charge in [0.1, 0.15) is 13.2 Å². The Balaban J connectivity index is -0.000000256. The zero-order chi connectivity index (χ0) is 14.2. The molecule has 0 saturated carbocycles. The number of aliphatic carboxylic acids is 2. The van der Waals surface area contributed by atoms with E-state index in [0.29, 0.717) is 26.4 Å². The average molecular weight is 334 g/mol. The second kappa shape index (κ2) is 19.7. The van der Waals surface area contributed by atoms with Crippen LogP contribution in [0.2, 0.25) is 0 Å². The quantitative estimate of drug-likeness (QED) is 0.405. The van der Waals surface area contributed by atoms with Crippen molar-refractivity contribution in [3.8, 4) is 0 Å². The van der Waals surface area contributed by atoms with Gasteiger partial charge < -0.3 is 29.2 Å². The summed E-state index contributed by atoms with van der Waals surface area (Å²) in [7, 11) is 3.06. The molecule has 8 nitrogen and oxygen atoms in total. The molecule has 0 heterocycles. The third-order valence-electron chi connectivity index (χ3n) is 1.31. The minimum atomic E-state index is -0.953. The third kappa shape index (κ3) is 31.8. The van der Waals surface area contributed by atoms with Gasteiger partial charge in [-0.15, -0.1) is 0 Å². The molecule has 19 heavy (non-hydrogen) atoms. The van der Waals surface area contributed by atoms with Gasteiger partial charge in [0.2, 0.25) is 0 Å². The maximum atomic E-state index is 9.80. The fraction of sp³-hybridized carbons (Fsp3) is 0.800. The van der Waals surface area contributed by atoms with Crippen molar-refractivity contribution in [2.45, 2.75) is 0 Å². The molecule has 0 aliphatic heterocycles. The van der Waals surface area contributed by atoms with Crippen molar-refractivity contribution >= 4 is 11.9 Å². The van der Waals surface area contributed by atoms with Crippen LogP contribution in [0, 0.1) is 0 Å². The Labute approximate surface area is 124 Å². The van der Waals surface area contributed by atoms with Gasteiger partial charge >= 0.3 is 11.9 Å². The van der Waals surface area contributed by atoms with Crippen LogP contribution in [0.1, 0.15) is 0 Å². The van der Waals surface area contributed by atoms with Gasteiger partial charge in [-0.25, -0.2) is 9.59 Å². The second-order valence-electron chi connectivity index (χ2n) is 2.88. The number of hydrogen-bond donors (Lipinski definition) is 2. The Morgan fingerprint density at radius 3 is 1.32 bits per heavy atom. The zero-order valence-corrected chi connectivity index (χ0v) is 14.3. The van der Waals surface area contributed by atoms with Gasteiger partial charge in [-0.3, -0.25) is 0 Å². The summed E-state index contributed by atoms with van der Waals surface area (Å²) < 4.78 is 18.4. The molecule has 0 aliphatic carbocycles. The van der Waals surface area contributed by atoms with E-state index < -0.39 is 11.9 Å². The number of carbonyl (C=O) groups is 2. The van der Waals surface area contributed by atoms with Crippen LogP contribution in [0.25, 0.3) is 0 Å². The van der Waals surface area contributed by atoms with E-state index >= 15 is 0 Å². The van der Waals surface area contributed by atoms with Crippen LogP contribution in [0.15, 0.2) is 0 Å². The summed E-state index contributed by atoms with van der Waals surface area (Å²) in [5.41, 5.74) is 0. The predicted molar refractivity (Wildman–Crippen MR) is 60.7 cm³/mol. The van der Waals surface area contributed by atoms with E-state index in [1.54, 1.807) is 0 Å². The summed E-state index contributed by atoms with van der Waals surface area (Å²) >= 11 is 0. The number of hydrogen-bond acceptors (Lipinski definition) is 6. The Bertz CT molecular complexity index is 190. The van der Waals surface area contributed by atoms with E-state index in [0.717, 1.165) is 0 Å². The first-order valence-electron chi connectivity index (χ1n) is 5.11. The molecule has 0 fully saturated rings. The molecule has 110 valence electrons. The van der Waals surface area contributed by atoms with Crippen LogP contribution in [-0.2, 0) is 48.0 Å². The number of rotatable bonds is 10.